The molecule has 6 rings (SSSR count). The molecule has 37 heavy (non-hydrogen) atoms. The summed E-state index contributed by atoms with van der Waals surface area (Å²) in [6.45, 7) is 13.3. The minimum atomic E-state index is -3.18. The first-order chi connectivity index (χ1) is 17.2. The Bertz CT molecular complexity index is 1090. The molecule has 6 aliphatic rings. The van der Waals surface area contributed by atoms with Crippen LogP contribution in [0.25, 0.3) is 0 Å². The highest BCUT2D eigenvalue weighted by atomic mass is 32.2. The molecule has 0 bridgehead atoms. The second-order valence-electron chi connectivity index (χ2n) is 15.0. The van der Waals surface area contributed by atoms with Crippen LogP contribution in [0.5, 0.6) is 0 Å². The molecule has 0 radical (unpaired) electrons. The molecule has 1 spiro atoms. The van der Waals surface area contributed by atoms with Gasteiger partial charge in [0.15, 0.2) is 0 Å². The third-order valence-corrected chi connectivity index (χ3v) is 13.7. The van der Waals surface area contributed by atoms with Crippen molar-refractivity contribution in [1.82, 2.24) is 10.0 Å². The van der Waals surface area contributed by atoms with Gasteiger partial charge in [0.2, 0.25) is 10.0 Å². The highest BCUT2D eigenvalue weighted by Crippen LogP contribution is 2.70. The van der Waals surface area contributed by atoms with Crippen molar-refractivity contribution in [3.63, 3.8) is 0 Å². The van der Waals surface area contributed by atoms with Crippen LogP contribution in [0.3, 0.4) is 0 Å². The van der Waals surface area contributed by atoms with Crippen molar-refractivity contribution in [2.75, 3.05) is 12.8 Å². The van der Waals surface area contributed by atoms with Gasteiger partial charge in [-0.25, -0.2) is 13.1 Å². The van der Waals surface area contributed by atoms with Gasteiger partial charge < -0.3 is 15.8 Å². The Morgan fingerprint density at radius 1 is 1.05 bits per heavy atom. The van der Waals surface area contributed by atoms with Crippen LogP contribution in [0, 0.1) is 34.5 Å². The maximum Gasteiger partial charge on any atom is 0.208 e. The number of nitrogens with two attached hydrogens (primary N) is 1. The molecule has 5 fully saturated rings. The average Bonchev–Trinajstić information content (AvgIpc) is 3.16. The van der Waals surface area contributed by atoms with Gasteiger partial charge >= 0.3 is 0 Å². The Labute approximate surface area is 225 Å². The number of piperidine rings is 1. The molecule has 3 saturated carbocycles. The molecule has 0 aromatic rings. The minimum Gasteiger partial charge on any atom is -0.369 e. The van der Waals surface area contributed by atoms with Gasteiger partial charge in [-0.1, -0.05) is 38.8 Å². The summed E-state index contributed by atoms with van der Waals surface area (Å²) in [4.78, 5) is 0. The molecule has 2 saturated heterocycles. The predicted molar refractivity (Wildman–Crippen MR) is 148 cm³/mol. The van der Waals surface area contributed by atoms with Crippen LogP contribution in [-0.4, -0.2) is 50.5 Å². The quantitative estimate of drug-likeness (QED) is 0.455. The largest absolute Gasteiger partial charge is 0.369 e. The third kappa shape index (κ3) is 3.88. The SMILES string of the molecule is CC1=C2C[C@@]3(N)C(CC[C@@H]4C[C@H](NS(C)(=O)=O)CC[C@@]43C)[C@]2(C)CC[C@@]2(C1)OC1C[C@H](C)CN[C@H]1[C@H]2C. The van der Waals surface area contributed by atoms with E-state index in [2.05, 4.69) is 44.7 Å². The van der Waals surface area contributed by atoms with Crippen LogP contribution < -0.4 is 15.8 Å². The van der Waals surface area contributed by atoms with E-state index in [0.29, 0.717) is 35.8 Å². The van der Waals surface area contributed by atoms with Gasteiger partial charge in [0.05, 0.1) is 18.0 Å². The van der Waals surface area contributed by atoms with Gasteiger partial charge in [-0.05, 0) is 106 Å². The van der Waals surface area contributed by atoms with E-state index in [1.165, 1.54) is 19.1 Å². The van der Waals surface area contributed by atoms with Crippen LogP contribution in [0.15, 0.2) is 11.1 Å². The van der Waals surface area contributed by atoms with Crippen molar-refractivity contribution in [3.8, 4) is 0 Å². The van der Waals surface area contributed by atoms with Crippen LogP contribution in [0.2, 0.25) is 0 Å². The monoisotopic (exact) mass is 533 g/mol. The summed E-state index contributed by atoms with van der Waals surface area (Å²) in [6, 6.07) is 0.538. The maximum atomic E-state index is 11.9. The van der Waals surface area contributed by atoms with E-state index in [0.717, 1.165) is 57.9 Å². The Balaban J connectivity index is 1.29. The van der Waals surface area contributed by atoms with Gasteiger partial charge in [-0.2, -0.15) is 0 Å². The smallest absolute Gasteiger partial charge is 0.208 e. The number of fused-ring (bicyclic) bond motifs is 6. The van der Waals surface area contributed by atoms with Crippen LogP contribution in [-0.2, 0) is 14.8 Å². The molecule has 0 amide bonds. The highest BCUT2D eigenvalue weighted by molar-refractivity contribution is 7.88. The number of ether oxygens (including phenoxy) is 1. The molecule has 0 aromatic carbocycles. The summed E-state index contributed by atoms with van der Waals surface area (Å²) in [7, 11) is -3.18. The lowest BCUT2D eigenvalue weighted by Crippen LogP contribution is -2.66. The van der Waals surface area contributed by atoms with Crippen molar-refractivity contribution < 1.29 is 13.2 Å². The number of sulfonamides is 1. The Hall–Kier alpha value is -0.470. The zero-order valence-electron chi connectivity index (χ0n) is 24.0. The standard InChI is InChI=1S/C30H51N3O3S/c1-18-13-24-26(32-17-18)20(3)29(36-24)12-11-27(4)23(19(2)15-29)16-30(31)25(27)8-7-21-14-22(33-37(6,34)35)9-10-28(21,30)5/h18,20-22,24-26,32-33H,7-17,31H2,1-6H3/t18-,20+,21+,22+,24?,25?,26-,27+,28-,29-,30+/m0/s1. The number of rotatable bonds is 2. The van der Waals surface area contributed by atoms with Crippen molar-refractivity contribution in [2.45, 2.75) is 128 Å². The first-order valence-electron chi connectivity index (χ1n) is 15.1. The zero-order chi connectivity index (χ0) is 26.6. The third-order valence-electron chi connectivity index (χ3n) is 12.9. The molecule has 7 heteroatoms. The summed E-state index contributed by atoms with van der Waals surface area (Å²) in [6.07, 6.45) is 12.3. The molecule has 210 valence electrons. The van der Waals surface area contributed by atoms with E-state index in [4.69, 9.17) is 10.5 Å². The lowest BCUT2D eigenvalue weighted by atomic mass is 9.47. The van der Waals surface area contributed by atoms with E-state index in [9.17, 15) is 8.42 Å². The first-order valence-corrected chi connectivity index (χ1v) is 17.0. The fraction of sp³-hybridized carbons (Fsp3) is 0.933. The fourth-order valence-corrected chi connectivity index (χ4v) is 11.6. The van der Waals surface area contributed by atoms with Gasteiger partial charge in [-0.15, -0.1) is 0 Å². The summed E-state index contributed by atoms with van der Waals surface area (Å²) >= 11 is 0. The van der Waals surface area contributed by atoms with E-state index >= 15 is 0 Å². The zero-order valence-corrected chi connectivity index (χ0v) is 24.8. The van der Waals surface area contributed by atoms with Crippen LogP contribution >= 0.6 is 0 Å². The number of hydrogen-bond donors (Lipinski definition) is 3. The number of hydrogen-bond acceptors (Lipinski definition) is 5. The summed E-state index contributed by atoms with van der Waals surface area (Å²) in [5.74, 6) is 2.17. The molecule has 2 aliphatic heterocycles. The lowest BCUT2D eigenvalue weighted by Gasteiger charge is -2.60. The molecule has 0 aromatic heterocycles. The second-order valence-corrected chi connectivity index (χ2v) is 16.7. The van der Waals surface area contributed by atoms with Gasteiger partial charge in [-0.3, -0.25) is 0 Å². The van der Waals surface area contributed by atoms with Gasteiger partial charge in [0, 0.05) is 23.5 Å². The van der Waals surface area contributed by atoms with Gasteiger partial charge in [0.25, 0.3) is 0 Å². The highest BCUT2D eigenvalue weighted by Gasteiger charge is 2.68. The maximum absolute atomic E-state index is 11.9. The van der Waals surface area contributed by atoms with E-state index in [1.807, 2.05) is 0 Å². The van der Waals surface area contributed by atoms with Crippen LogP contribution in [0.1, 0.15) is 98.8 Å². The fourth-order valence-electron chi connectivity index (χ4n) is 10.8. The molecule has 4 aliphatic carbocycles. The van der Waals surface area contributed by atoms with Gasteiger partial charge in [0.1, 0.15) is 0 Å². The summed E-state index contributed by atoms with van der Waals surface area (Å²) < 4.78 is 33.9. The Morgan fingerprint density at radius 2 is 1.81 bits per heavy atom. The summed E-state index contributed by atoms with van der Waals surface area (Å²) in [5.41, 5.74) is 10.8. The van der Waals surface area contributed by atoms with Crippen molar-refractivity contribution in [3.05, 3.63) is 11.1 Å². The first kappa shape index (κ1) is 26.7. The van der Waals surface area contributed by atoms with E-state index < -0.39 is 10.0 Å². The Morgan fingerprint density at radius 3 is 2.54 bits per heavy atom. The Kier molecular flexibility index (Phi) is 6.15. The molecule has 2 unspecified atom stereocenters. The molecule has 2 heterocycles. The number of nitrogens with one attached hydrogen (secondary N) is 2. The minimum absolute atomic E-state index is 0.0510. The lowest BCUT2D eigenvalue weighted by molar-refractivity contribution is -0.0867. The average molecular weight is 534 g/mol. The molecule has 11 atom stereocenters. The molecular formula is C30H51N3O3S. The normalized spacial score (nSPS) is 53.9. The van der Waals surface area contributed by atoms with E-state index in [-0.39, 0.29) is 28.0 Å². The van der Waals surface area contributed by atoms with Crippen molar-refractivity contribution in [1.29, 1.82) is 0 Å². The molecule has 4 N–H and O–H groups in total. The van der Waals surface area contributed by atoms with E-state index in [1.54, 1.807) is 11.1 Å². The molecular weight excluding hydrogens is 482 g/mol. The van der Waals surface area contributed by atoms with Crippen LogP contribution in [0.4, 0.5) is 0 Å². The topological polar surface area (TPSA) is 93.5 Å². The summed E-state index contributed by atoms with van der Waals surface area (Å²) in [5, 5.41) is 3.85. The molecule has 6 nitrogen and oxygen atoms in total. The second kappa shape index (κ2) is 8.52. The van der Waals surface area contributed by atoms with Crippen molar-refractivity contribution in [2.24, 2.45) is 40.2 Å². The van der Waals surface area contributed by atoms with Crippen molar-refractivity contribution >= 4 is 10.0 Å². The predicted octanol–water partition coefficient (Wildman–Crippen LogP) is 4.50.